The van der Waals surface area contributed by atoms with Crippen molar-refractivity contribution in [2.24, 2.45) is 0 Å². The van der Waals surface area contributed by atoms with Crippen LogP contribution in [0.15, 0.2) is 0 Å². The van der Waals surface area contributed by atoms with E-state index >= 15 is 0 Å². The number of aliphatic hydroxyl groups excluding tert-OH is 3. The van der Waals surface area contributed by atoms with Crippen molar-refractivity contribution in [1.29, 1.82) is 0 Å². The second-order valence-electron chi connectivity index (χ2n) is 2.38. The van der Waals surface area contributed by atoms with Crippen LogP contribution in [0.5, 0.6) is 0 Å². The van der Waals surface area contributed by atoms with Crippen molar-refractivity contribution in [3.63, 3.8) is 0 Å². The summed E-state index contributed by atoms with van der Waals surface area (Å²) in [5.74, 6) is -3.19. The molecule has 0 spiro atoms. The van der Waals surface area contributed by atoms with Crippen molar-refractivity contribution in [2.45, 2.75) is 24.4 Å². The topological polar surface area (TPSA) is 90.2 Å². The predicted molar refractivity (Wildman–Crippen MR) is 30.0 cm³/mol. The molecular formula is C5H9FO5. The SMILES string of the molecule is OC[C@H]1OC(O)[C@@](O)(F)[C@@H]1O. The lowest BCUT2D eigenvalue weighted by atomic mass is 10.1. The highest BCUT2D eigenvalue weighted by Gasteiger charge is 2.55. The largest absolute Gasteiger partial charge is 0.394 e. The normalized spacial score (nSPS) is 51.5. The van der Waals surface area contributed by atoms with Crippen LogP contribution in [0.25, 0.3) is 0 Å². The smallest absolute Gasteiger partial charge is 0.286 e. The van der Waals surface area contributed by atoms with Crippen LogP contribution in [-0.4, -0.2) is 51.4 Å². The summed E-state index contributed by atoms with van der Waals surface area (Å²) in [7, 11) is 0. The van der Waals surface area contributed by atoms with Crippen LogP contribution in [0, 0.1) is 0 Å². The fourth-order valence-electron chi connectivity index (χ4n) is 0.885. The highest BCUT2D eigenvalue weighted by molar-refractivity contribution is 4.91. The molecule has 66 valence electrons. The van der Waals surface area contributed by atoms with Gasteiger partial charge in [-0.2, -0.15) is 0 Å². The molecule has 4 N–H and O–H groups in total. The Morgan fingerprint density at radius 2 is 2.00 bits per heavy atom. The monoisotopic (exact) mass is 168 g/mol. The Morgan fingerprint density at radius 3 is 2.18 bits per heavy atom. The zero-order valence-electron chi connectivity index (χ0n) is 5.51. The number of hydrogen-bond donors (Lipinski definition) is 4. The van der Waals surface area contributed by atoms with Crippen LogP contribution in [0.3, 0.4) is 0 Å². The Kier molecular flexibility index (Phi) is 2.13. The molecule has 5 nitrogen and oxygen atoms in total. The van der Waals surface area contributed by atoms with Gasteiger partial charge in [-0.15, -0.1) is 0 Å². The molecule has 0 aromatic rings. The van der Waals surface area contributed by atoms with Gasteiger partial charge in [0.15, 0.2) is 0 Å². The van der Waals surface area contributed by atoms with Gasteiger partial charge < -0.3 is 25.2 Å². The van der Waals surface area contributed by atoms with Crippen molar-refractivity contribution < 1.29 is 29.6 Å². The second-order valence-corrected chi connectivity index (χ2v) is 2.38. The number of alkyl halides is 1. The third-order valence-electron chi connectivity index (χ3n) is 1.60. The van der Waals surface area contributed by atoms with E-state index < -0.39 is 31.0 Å². The maximum Gasteiger partial charge on any atom is 0.286 e. The molecular weight excluding hydrogens is 159 g/mol. The summed E-state index contributed by atoms with van der Waals surface area (Å²) in [6.45, 7) is -0.662. The molecule has 0 aromatic carbocycles. The summed E-state index contributed by atoms with van der Waals surface area (Å²) in [4.78, 5) is 0. The van der Waals surface area contributed by atoms with Crippen molar-refractivity contribution in [1.82, 2.24) is 0 Å². The molecule has 1 heterocycles. The third-order valence-corrected chi connectivity index (χ3v) is 1.60. The fraction of sp³-hybridized carbons (Fsp3) is 1.00. The molecule has 0 saturated carbocycles. The van der Waals surface area contributed by atoms with Crippen molar-refractivity contribution >= 4 is 0 Å². The van der Waals surface area contributed by atoms with E-state index in [9.17, 15) is 4.39 Å². The molecule has 6 heteroatoms. The van der Waals surface area contributed by atoms with Crippen molar-refractivity contribution in [3.05, 3.63) is 0 Å². The molecule has 11 heavy (non-hydrogen) atoms. The minimum Gasteiger partial charge on any atom is -0.394 e. The van der Waals surface area contributed by atoms with Crippen molar-refractivity contribution in [2.75, 3.05) is 6.61 Å². The molecule has 0 bridgehead atoms. The zero-order valence-corrected chi connectivity index (χ0v) is 5.51. The lowest BCUT2D eigenvalue weighted by Crippen LogP contribution is -2.44. The summed E-state index contributed by atoms with van der Waals surface area (Å²) < 4.78 is 16.9. The number of aliphatic hydroxyl groups is 4. The van der Waals surface area contributed by atoms with E-state index in [1.807, 2.05) is 0 Å². The first-order chi connectivity index (χ1) is 5.00. The molecule has 0 radical (unpaired) electrons. The van der Waals surface area contributed by atoms with Gasteiger partial charge in [-0.3, -0.25) is 0 Å². The molecule has 0 aliphatic carbocycles. The van der Waals surface area contributed by atoms with Gasteiger partial charge in [0.05, 0.1) is 6.61 Å². The zero-order chi connectivity index (χ0) is 8.65. The van der Waals surface area contributed by atoms with Crippen LogP contribution in [-0.2, 0) is 4.74 Å². The number of rotatable bonds is 1. The lowest BCUT2D eigenvalue weighted by Gasteiger charge is -2.17. The minimum absolute atomic E-state index is 0.662. The maximum absolute atomic E-state index is 12.7. The van der Waals surface area contributed by atoms with Gasteiger partial charge in [0.25, 0.3) is 5.85 Å². The van der Waals surface area contributed by atoms with E-state index in [1.165, 1.54) is 0 Å². The number of hydrogen-bond acceptors (Lipinski definition) is 5. The fourth-order valence-corrected chi connectivity index (χ4v) is 0.885. The summed E-state index contributed by atoms with van der Waals surface area (Å²) in [5, 5.41) is 34.5. The molecule has 1 unspecified atom stereocenters. The minimum atomic E-state index is -3.19. The van der Waals surface area contributed by atoms with Gasteiger partial charge in [-0.1, -0.05) is 0 Å². The molecule has 0 amide bonds. The van der Waals surface area contributed by atoms with E-state index in [-0.39, 0.29) is 0 Å². The molecule has 0 aromatic heterocycles. The molecule has 1 rings (SSSR count). The molecule has 1 aliphatic rings. The Hall–Kier alpha value is -0.270. The molecule has 4 atom stereocenters. The van der Waals surface area contributed by atoms with Gasteiger partial charge >= 0.3 is 0 Å². The Morgan fingerprint density at radius 1 is 1.45 bits per heavy atom. The predicted octanol–water partition coefficient (Wildman–Crippen LogP) is -2.29. The van der Waals surface area contributed by atoms with Crippen LogP contribution in [0.2, 0.25) is 0 Å². The Balaban J connectivity index is 2.71. The average molecular weight is 168 g/mol. The van der Waals surface area contributed by atoms with E-state index in [2.05, 4.69) is 4.74 Å². The van der Waals surface area contributed by atoms with Gasteiger partial charge in [0.2, 0.25) is 6.29 Å². The van der Waals surface area contributed by atoms with E-state index in [0.717, 1.165) is 0 Å². The first kappa shape index (κ1) is 8.82. The average Bonchev–Trinajstić information content (AvgIpc) is 2.14. The van der Waals surface area contributed by atoms with Crippen LogP contribution < -0.4 is 0 Å². The van der Waals surface area contributed by atoms with Crippen molar-refractivity contribution in [3.8, 4) is 0 Å². The summed E-state index contributed by atoms with van der Waals surface area (Å²) in [6, 6.07) is 0. The van der Waals surface area contributed by atoms with Crippen LogP contribution in [0.1, 0.15) is 0 Å². The van der Waals surface area contributed by atoms with Gasteiger partial charge in [-0.05, 0) is 0 Å². The van der Waals surface area contributed by atoms with E-state index in [0.29, 0.717) is 0 Å². The highest BCUT2D eigenvalue weighted by Crippen LogP contribution is 2.30. The standard InChI is InChI=1S/C5H9FO5/c6-5(10)3(8)2(1-7)11-4(5)9/h2-4,7-10H,1H2/t2-,3-,4?,5-/m1/s1. The summed E-state index contributed by atoms with van der Waals surface area (Å²) >= 11 is 0. The van der Waals surface area contributed by atoms with E-state index in [1.54, 1.807) is 0 Å². The van der Waals surface area contributed by atoms with Gasteiger partial charge in [0, 0.05) is 0 Å². The second kappa shape index (κ2) is 2.65. The number of ether oxygens (including phenoxy) is 1. The molecule has 1 aliphatic heterocycles. The number of halogens is 1. The first-order valence-corrected chi connectivity index (χ1v) is 3.04. The Bertz CT molecular complexity index is 150. The first-order valence-electron chi connectivity index (χ1n) is 3.04. The van der Waals surface area contributed by atoms with Crippen LogP contribution >= 0.6 is 0 Å². The quantitative estimate of drug-likeness (QED) is 0.354. The maximum atomic E-state index is 12.7. The molecule has 1 saturated heterocycles. The third kappa shape index (κ3) is 1.23. The highest BCUT2D eigenvalue weighted by atomic mass is 19.2. The summed E-state index contributed by atoms with van der Waals surface area (Å²) in [6.07, 6.45) is -5.29. The van der Waals surface area contributed by atoms with Gasteiger partial charge in [-0.25, -0.2) is 4.39 Å². The summed E-state index contributed by atoms with van der Waals surface area (Å²) in [5.41, 5.74) is 0. The van der Waals surface area contributed by atoms with Gasteiger partial charge in [0.1, 0.15) is 12.2 Å². The Labute approximate surface area is 61.6 Å². The van der Waals surface area contributed by atoms with E-state index in [4.69, 9.17) is 20.4 Å². The lowest BCUT2D eigenvalue weighted by molar-refractivity contribution is -0.239. The van der Waals surface area contributed by atoms with Crippen LogP contribution in [0.4, 0.5) is 4.39 Å². The molecule has 1 fully saturated rings.